The Morgan fingerprint density at radius 1 is 0.621 bits per heavy atom. The number of nitrogens with zero attached hydrogens (tertiary/aromatic N) is 2. The Morgan fingerprint density at radius 3 is 1.41 bits per heavy atom. The maximum Gasteiger partial charge on any atom is 0.339 e. The van der Waals surface area contributed by atoms with Gasteiger partial charge in [-0.15, -0.1) is 22.7 Å². The molecule has 0 aliphatic heterocycles. The van der Waals surface area contributed by atoms with Crippen LogP contribution < -0.4 is 0 Å². The van der Waals surface area contributed by atoms with Crippen molar-refractivity contribution in [1.29, 1.82) is 0 Å². The van der Waals surface area contributed by atoms with Crippen LogP contribution >= 0.6 is 34.0 Å². The van der Waals surface area contributed by atoms with Gasteiger partial charge in [0.2, 0.25) is 0 Å². The summed E-state index contributed by atoms with van der Waals surface area (Å²) < 4.78 is 1.96. The van der Waals surface area contributed by atoms with E-state index in [2.05, 4.69) is 0 Å². The predicted octanol–water partition coefficient (Wildman–Crippen LogP) is 7.33. The van der Waals surface area contributed by atoms with Crippen molar-refractivity contribution in [1.82, 2.24) is 0 Å². The van der Waals surface area contributed by atoms with Crippen molar-refractivity contribution in [2.45, 2.75) is 0 Å². The zero-order valence-electron chi connectivity index (χ0n) is 14.5. The van der Waals surface area contributed by atoms with Gasteiger partial charge in [-0.2, -0.15) is 0 Å². The van der Waals surface area contributed by atoms with E-state index in [4.69, 9.17) is 0 Å². The molecule has 0 amide bonds. The van der Waals surface area contributed by atoms with Gasteiger partial charge < -0.3 is 0 Å². The van der Waals surface area contributed by atoms with Crippen molar-refractivity contribution in [3.8, 4) is 20.9 Å². The van der Waals surface area contributed by atoms with Gasteiger partial charge in [-0.05, 0) is 35.0 Å². The summed E-state index contributed by atoms with van der Waals surface area (Å²) in [5, 5.41) is 25.1. The van der Waals surface area contributed by atoms with Crippen LogP contribution in [0.4, 0.5) is 10.0 Å². The van der Waals surface area contributed by atoms with E-state index in [9.17, 15) is 20.2 Å². The molecule has 0 saturated heterocycles. The Kier molecular flexibility index (Phi) is 4.16. The summed E-state index contributed by atoms with van der Waals surface area (Å²) in [7, 11) is 0. The topological polar surface area (TPSA) is 86.3 Å². The average Bonchev–Trinajstić information content (AvgIpc) is 3.40. The lowest BCUT2D eigenvalue weighted by Gasteiger charge is -1.99. The third kappa shape index (κ3) is 2.91. The highest BCUT2D eigenvalue weighted by molar-refractivity contribution is 7.25. The van der Waals surface area contributed by atoms with Crippen LogP contribution in [0, 0.1) is 20.2 Å². The summed E-state index contributed by atoms with van der Waals surface area (Å²) >= 11 is 3.44. The first-order valence-corrected chi connectivity index (χ1v) is 10.9. The van der Waals surface area contributed by atoms with Crippen LogP contribution in [0.5, 0.6) is 0 Å². The van der Waals surface area contributed by atoms with Crippen molar-refractivity contribution in [3.63, 3.8) is 0 Å². The van der Waals surface area contributed by atoms with E-state index < -0.39 is 9.85 Å². The summed E-state index contributed by atoms with van der Waals surface area (Å²) in [6.07, 6.45) is 0. The zero-order chi connectivity index (χ0) is 20.1. The highest BCUT2D eigenvalue weighted by Crippen LogP contribution is 2.55. The van der Waals surface area contributed by atoms with Crippen LogP contribution in [-0.4, -0.2) is 9.85 Å². The van der Waals surface area contributed by atoms with E-state index >= 15 is 0 Å². The van der Waals surface area contributed by atoms with Crippen LogP contribution in [-0.2, 0) is 0 Å². The fourth-order valence-corrected chi connectivity index (χ4v) is 6.65. The molecule has 5 rings (SSSR count). The minimum Gasteiger partial charge on any atom is -0.258 e. The molecule has 0 fully saturated rings. The Bertz CT molecular complexity index is 1260. The maximum atomic E-state index is 11.8. The summed E-state index contributed by atoms with van der Waals surface area (Å²) in [5.41, 5.74) is 0.666. The minimum atomic E-state index is -0.520. The Labute approximate surface area is 175 Å². The zero-order valence-corrected chi connectivity index (χ0v) is 17.0. The quantitative estimate of drug-likeness (QED) is 0.217. The summed E-state index contributed by atoms with van der Waals surface area (Å²) in [5.74, 6) is 0. The van der Waals surface area contributed by atoms with Gasteiger partial charge in [0, 0.05) is 30.5 Å². The third-order valence-corrected chi connectivity index (χ3v) is 7.91. The summed E-state index contributed by atoms with van der Waals surface area (Å²) in [6, 6.07) is 19.1. The molecule has 0 atom stereocenters. The van der Waals surface area contributed by atoms with Gasteiger partial charge in [0.15, 0.2) is 0 Å². The van der Waals surface area contributed by atoms with Gasteiger partial charge >= 0.3 is 10.0 Å². The van der Waals surface area contributed by atoms with Crippen molar-refractivity contribution < 1.29 is 9.85 Å². The average molecular weight is 439 g/mol. The van der Waals surface area contributed by atoms with Crippen LogP contribution in [0.3, 0.4) is 0 Å². The normalized spacial score (nSPS) is 11.3. The third-order valence-electron chi connectivity index (χ3n) is 4.55. The first-order chi connectivity index (χ1) is 14.0. The largest absolute Gasteiger partial charge is 0.339 e. The number of fused-ring (bicyclic) bond motifs is 2. The van der Waals surface area contributed by atoms with E-state index in [1.807, 2.05) is 60.7 Å². The van der Waals surface area contributed by atoms with Crippen LogP contribution in [0.15, 0.2) is 60.7 Å². The number of hydrogen-bond donors (Lipinski definition) is 0. The molecule has 3 aromatic heterocycles. The van der Waals surface area contributed by atoms with Gasteiger partial charge in [0.05, 0.1) is 21.0 Å². The lowest BCUT2D eigenvalue weighted by Crippen LogP contribution is -1.88. The van der Waals surface area contributed by atoms with Gasteiger partial charge in [0.25, 0.3) is 0 Å². The first-order valence-electron chi connectivity index (χ1n) is 8.46. The molecule has 5 aromatic rings. The Morgan fingerprint density at radius 2 is 1.03 bits per heavy atom. The van der Waals surface area contributed by atoms with E-state index in [1.165, 1.54) is 22.7 Å². The highest BCUT2D eigenvalue weighted by atomic mass is 32.1. The van der Waals surface area contributed by atoms with Crippen molar-refractivity contribution >= 4 is 64.2 Å². The number of nitro groups is 2. The van der Waals surface area contributed by atoms with Crippen LogP contribution in [0.25, 0.3) is 41.1 Å². The smallest absolute Gasteiger partial charge is 0.258 e. The molecule has 3 heterocycles. The lowest BCUT2D eigenvalue weighted by atomic mass is 10.1. The SMILES string of the molecule is O=[N+]([O-])c1sc([N+](=O)[O-])c(-c2cc3ccccc3s2)c1-c1cc2ccccc2s1. The van der Waals surface area contributed by atoms with E-state index in [0.717, 1.165) is 20.2 Å². The monoisotopic (exact) mass is 438 g/mol. The van der Waals surface area contributed by atoms with E-state index in [0.29, 0.717) is 32.2 Å². The maximum absolute atomic E-state index is 11.8. The highest BCUT2D eigenvalue weighted by Gasteiger charge is 2.35. The number of benzene rings is 2. The molecule has 0 bridgehead atoms. The predicted molar refractivity (Wildman–Crippen MR) is 119 cm³/mol. The van der Waals surface area contributed by atoms with E-state index in [1.54, 1.807) is 0 Å². The fraction of sp³-hybridized carbons (Fsp3) is 0. The lowest BCUT2D eigenvalue weighted by molar-refractivity contribution is -0.382. The molecule has 29 heavy (non-hydrogen) atoms. The molecular weight excluding hydrogens is 428 g/mol. The molecular formula is C20H10N2O4S3. The second-order valence-electron chi connectivity index (χ2n) is 6.27. The molecule has 0 aliphatic carbocycles. The van der Waals surface area contributed by atoms with Crippen molar-refractivity contribution in [2.24, 2.45) is 0 Å². The number of thiophene rings is 3. The van der Waals surface area contributed by atoms with Gasteiger partial charge in [0.1, 0.15) is 0 Å². The number of rotatable bonds is 4. The standard InChI is InChI=1S/C20H10N2O4S3/c23-21(24)19-17(15-9-11-5-1-3-7-13(11)27-15)18(20(29-19)22(25)26)16-10-12-6-2-4-8-14(12)28-16/h1-10H. The molecule has 2 aromatic carbocycles. The number of hydrogen-bond acceptors (Lipinski definition) is 7. The molecule has 0 radical (unpaired) electrons. The van der Waals surface area contributed by atoms with Crippen LogP contribution in [0.1, 0.15) is 0 Å². The molecule has 0 unspecified atom stereocenters. The Balaban J connectivity index is 1.87. The summed E-state index contributed by atoms with van der Waals surface area (Å²) in [6.45, 7) is 0. The van der Waals surface area contributed by atoms with E-state index in [-0.39, 0.29) is 10.0 Å². The molecule has 6 nitrogen and oxygen atoms in total. The minimum absolute atomic E-state index is 0.198. The second-order valence-corrected chi connectivity index (χ2v) is 9.42. The first kappa shape index (κ1) is 17.9. The Hall–Kier alpha value is -3.14. The molecule has 0 N–H and O–H groups in total. The van der Waals surface area contributed by atoms with Gasteiger partial charge in [-0.25, -0.2) is 0 Å². The summed E-state index contributed by atoms with van der Waals surface area (Å²) in [4.78, 5) is 23.9. The van der Waals surface area contributed by atoms with Gasteiger partial charge in [-0.3, -0.25) is 20.2 Å². The molecule has 9 heteroatoms. The fourth-order valence-electron chi connectivity index (χ4n) is 3.33. The second kappa shape index (κ2) is 6.73. The van der Waals surface area contributed by atoms with Crippen molar-refractivity contribution in [3.05, 3.63) is 80.9 Å². The molecule has 0 spiro atoms. The molecule has 0 saturated carbocycles. The van der Waals surface area contributed by atoms with Gasteiger partial charge in [-0.1, -0.05) is 36.4 Å². The van der Waals surface area contributed by atoms with Crippen molar-refractivity contribution in [2.75, 3.05) is 0 Å². The van der Waals surface area contributed by atoms with Crippen LogP contribution in [0.2, 0.25) is 0 Å². The molecule has 0 aliphatic rings. The molecule has 142 valence electrons.